The molecule has 1 aliphatic rings. The third-order valence-corrected chi connectivity index (χ3v) is 4.79. The molecule has 0 bridgehead atoms. The van der Waals surface area contributed by atoms with E-state index < -0.39 is 0 Å². The van der Waals surface area contributed by atoms with Gasteiger partial charge in [0.05, 0.1) is 11.8 Å². The van der Waals surface area contributed by atoms with Gasteiger partial charge in [0, 0.05) is 30.7 Å². The summed E-state index contributed by atoms with van der Waals surface area (Å²) in [6, 6.07) is 6.89. The highest BCUT2D eigenvalue weighted by molar-refractivity contribution is 9.10. The smallest absolute Gasteiger partial charge is 0.0605 e. The number of nitrogens with two attached hydrogens (primary N) is 1. The molecule has 0 spiro atoms. The van der Waals surface area contributed by atoms with Crippen LogP contribution in [0.1, 0.15) is 31.7 Å². The first-order valence-electron chi connectivity index (χ1n) is 7.45. The van der Waals surface area contributed by atoms with Crippen LogP contribution in [-0.2, 0) is 11.2 Å². The lowest BCUT2D eigenvalue weighted by molar-refractivity contribution is 0.0819. The van der Waals surface area contributed by atoms with Gasteiger partial charge in [-0.2, -0.15) is 0 Å². The highest BCUT2D eigenvalue weighted by Crippen LogP contribution is 2.30. The molecule has 20 heavy (non-hydrogen) atoms. The minimum absolute atomic E-state index is 0.255. The summed E-state index contributed by atoms with van der Waals surface area (Å²) in [7, 11) is 1.81. The van der Waals surface area contributed by atoms with Crippen LogP contribution in [0.4, 0.5) is 5.69 Å². The number of benzene rings is 1. The molecule has 1 fully saturated rings. The topological polar surface area (TPSA) is 38.5 Å². The molecule has 0 amide bonds. The summed E-state index contributed by atoms with van der Waals surface area (Å²) in [6.07, 6.45) is 4.59. The lowest BCUT2D eigenvalue weighted by Gasteiger charge is -2.33. The Morgan fingerprint density at radius 1 is 1.40 bits per heavy atom. The van der Waals surface area contributed by atoms with Crippen molar-refractivity contribution in [3.05, 3.63) is 28.2 Å². The Balaban J connectivity index is 2.03. The van der Waals surface area contributed by atoms with Crippen molar-refractivity contribution in [1.82, 2.24) is 0 Å². The molecule has 1 aromatic rings. The second-order valence-corrected chi connectivity index (χ2v) is 6.43. The Morgan fingerprint density at radius 3 is 2.65 bits per heavy atom. The maximum atomic E-state index is 6.03. The number of nitrogens with zero attached hydrogens (tertiary/aromatic N) is 1. The van der Waals surface area contributed by atoms with Crippen molar-refractivity contribution in [2.24, 2.45) is 5.73 Å². The van der Waals surface area contributed by atoms with Gasteiger partial charge in [0.25, 0.3) is 0 Å². The number of anilines is 1. The zero-order chi connectivity index (χ0) is 14.5. The number of ether oxygens (including phenoxy) is 1. The first kappa shape index (κ1) is 15.8. The summed E-state index contributed by atoms with van der Waals surface area (Å²) in [6.45, 7) is 4.25. The second-order valence-electron chi connectivity index (χ2n) is 5.58. The van der Waals surface area contributed by atoms with E-state index in [9.17, 15) is 0 Å². The van der Waals surface area contributed by atoms with Crippen LogP contribution in [0, 0.1) is 0 Å². The molecule has 2 N–H and O–H groups in total. The Hall–Kier alpha value is -0.580. The SMILES string of the molecule is CCC(N)Cc1ccc(N2CCC(OC)CC2)c(Br)c1. The fraction of sp³-hybridized carbons (Fsp3) is 0.625. The Morgan fingerprint density at radius 2 is 2.10 bits per heavy atom. The zero-order valence-electron chi connectivity index (χ0n) is 12.4. The molecular formula is C16H25BrN2O. The summed E-state index contributed by atoms with van der Waals surface area (Å²) in [5.74, 6) is 0. The maximum absolute atomic E-state index is 6.03. The third kappa shape index (κ3) is 3.96. The van der Waals surface area contributed by atoms with Crippen molar-refractivity contribution in [1.29, 1.82) is 0 Å². The quantitative estimate of drug-likeness (QED) is 0.893. The van der Waals surface area contributed by atoms with Crippen molar-refractivity contribution >= 4 is 21.6 Å². The van der Waals surface area contributed by atoms with Crippen molar-refractivity contribution < 1.29 is 4.74 Å². The van der Waals surface area contributed by atoms with E-state index in [2.05, 4.69) is 46.0 Å². The number of methoxy groups -OCH3 is 1. The van der Waals surface area contributed by atoms with E-state index in [-0.39, 0.29) is 6.04 Å². The van der Waals surface area contributed by atoms with Crippen LogP contribution in [0.15, 0.2) is 22.7 Å². The predicted octanol–water partition coefficient (Wildman–Crippen LogP) is 3.34. The summed E-state index contributed by atoms with van der Waals surface area (Å²) >= 11 is 3.71. The fourth-order valence-electron chi connectivity index (χ4n) is 2.71. The minimum atomic E-state index is 0.255. The van der Waals surface area contributed by atoms with Crippen molar-refractivity contribution in [2.75, 3.05) is 25.1 Å². The first-order valence-corrected chi connectivity index (χ1v) is 8.25. The highest BCUT2D eigenvalue weighted by atomic mass is 79.9. The van der Waals surface area contributed by atoms with Crippen LogP contribution in [0.5, 0.6) is 0 Å². The lowest BCUT2D eigenvalue weighted by atomic mass is 10.0. The van der Waals surface area contributed by atoms with Gasteiger partial charge in [0.15, 0.2) is 0 Å². The minimum Gasteiger partial charge on any atom is -0.381 e. The van der Waals surface area contributed by atoms with Crippen LogP contribution >= 0.6 is 15.9 Å². The molecule has 4 heteroatoms. The Kier molecular flexibility index (Phi) is 5.87. The molecule has 0 aliphatic carbocycles. The van der Waals surface area contributed by atoms with Crippen LogP contribution < -0.4 is 10.6 Å². The third-order valence-electron chi connectivity index (χ3n) is 4.15. The van der Waals surface area contributed by atoms with Gasteiger partial charge in [-0.3, -0.25) is 0 Å². The van der Waals surface area contributed by atoms with E-state index in [1.807, 2.05) is 7.11 Å². The fourth-order valence-corrected chi connectivity index (χ4v) is 3.39. The number of halogens is 1. The molecule has 1 heterocycles. The lowest BCUT2D eigenvalue weighted by Crippen LogP contribution is -2.36. The normalized spacial score (nSPS) is 18.3. The number of hydrogen-bond donors (Lipinski definition) is 1. The van der Waals surface area contributed by atoms with Crippen molar-refractivity contribution in [2.45, 2.75) is 44.8 Å². The molecule has 1 unspecified atom stereocenters. The molecule has 1 aromatic carbocycles. The molecule has 3 nitrogen and oxygen atoms in total. The van der Waals surface area contributed by atoms with Crippen molar-refractivity contribution in [3.63, 3.8) is 0 Å². The van der Waals surface area contributed by atoms with Crippen molar-refractivity contribution in [3.8, 4) is 0 Å². The van der Waals surface area contributed by atoms with E-state index in [1.165, 1.54) is 15.7 Å². The van der Waals surface area contributed by atoms with E-state index in [4.69, 9.17) is 10.5 Å². The van der Waals surface area contributed by atoms with Gasteiger partial charge in [-0.15, -0.1) is 0 Å². The largest absolute Gasteiger partial charge is 0.381 e. The summed E-state index contributed by atoms with van der Waals surface area (Å²) in [4.78, 5) is 2.43. The molecular weight excluding hydrogens is 316 g/mol. The average Bonchev–Trinajstić information content (AvgIpc) is 2.47. The van der Waals surface area contributed by atoms with E-state index in [1.54, 1.807) is 0 Å². The number of hydrogen-bond acceptors (Lipinski definition) is 3. The van der Waals surface area contributed by atoms with Gasteiger partial charge in [-0.25, -0.2) is 0 Å². The van der Waals surface area contributed by atoms with Gasteiger partial charge in [-0.1, -0.05) is 13.0 Å². The van der Waals surface area contributed by atoms with Gasteiger partial charge in [0.1, 0.15) is 0 Å². The van der Waals surface area contributed by atoms with Crippen LogP contribution in [-0.4, -0.2) is 32.3 Å². The maximum Gasteiger partial charge on any atom is 0.0605 e. The van der Waals surface area contributed by atoms with Crippen LogP contribution in [0.25, 0.3) is 0 Å². The van der Waals surface area contributed by atoms with Gasteiger partial charge in [-0.05, 0) is 59.3 Å². The van der Waals surface area contributed by atoms with Gasteiger partial charge >= 0.3 is 0 Å². The summed E-state index contributed by atoms with van der Waals surface area (Å²) in [5.41, 5.74) is 8.62. The molecule has 1 aliphatic heterocycles. The molecule has 1 atom stereocenters. The van der Waals surface area contributed by atoms with Gasteiger partial charge in [0.2, 0.25) is 0 Å². The van der Waals surface area contributed by atoms with E-state index >= 15 is 0 Å². The molecule has 2 rings (SSSR count). The standard InChI is InChI=1S/C16H25BrN2O/c1-3-13(18)10-12-4-5-16(15(17)11-12)19-8-6-14(20-2)7-9-19/h4-5,11,13-14H,3,6-10,18H2,1-2H3. The second kappa shape index (κ2) is 7.43. The average molecular weight is 341 g/mol. The Bertz CT molecular complexity index is 430. The molecule has 0 aromatic heterocycles. The highest BCUT2D eigenvalue weighted by Gasteiger charge is 2.20. The van der Waals surface area contributed by atoms with Gasteiger partial charge < -0.3 is 15.4 Å². The Labute approximate surface area is 130 Å². The first-order chi connectivity index (χ1) is 9.63. The predicted molar refractivity (Wildman–Crippen MR) is 88.4 cm³/mol. The van der Waals surface area contributed by atoms with Crippen LogP contribution in [0.2, 0.25) is 0 Å². The van der Waals surface area contributed by atoms with Crippen LogP contribution in [0.3, 0.4) is 0 Å². The molecule has 0 radical (unpaired) electrons. The molecule has 1 saturated heterocycles. The van der Waals surface area contributed by atoms with E-state index in [0.29, 0.717) is 6.10 Å². The molecule has 112 valence electrons. The summed E-state index contributed by atoms with van der Waals surface area (Å²) in [5, 5.41) is 0. The zero-order valence-corrected chi connectivity index (χ0v) is 14.0. The number of piperidine rings is 1. The summed E-state index contributed by atoms with van der Waals surface area (Å²) < 4.78 is 6.60. The van der Waals surface area contributed by atoms with E-state index in [0.717, 1.165) is 38.8 Å². The monoisotopic (exact) mass is 340 g/mol. The number of rotatable bonds is 5. The molecule has 0 saturated carbocycles.